The molecule has 7 heteroatoms. The molecule has 1 aromatic rings. The minimum absolute atomic E-state index is 0.123. The van der Waals surface area contributed by atoms with E-state index >= 15 is 0 Å². The van der Waals surface area contributed by atoms with Crippen LogP contribution in [-0.2, 0) is 0 Å². The van der Waals surface area contributed by atoms with E-state index in [0.717, 1.165) is 0 Å². The van der Waals surface area contributed by atoms with Gasteiger partial charge in [-0.1, -0.05) is 0 Å². The van der Waals surface area contributed by atoms with E-state index in [4.69, 9.17) is 0 Å². The van der Waals surface area contributed by atoms with E-state index in [0.29, 0.717) is 25.1 Å². The average molecular weight is 283 g/mol. The van der Waals surface area contributed by atoms with Crippen LogP contribution in [-0.4, -0.2) is 12.7 Å². The Morgan fingerprint density at radius 2 is 1.63 bits per heavy atom. The number of hydrogen-bond donors (Lipinski definition) is 1. The summed E-state index contributed by atoms with van der Waals surface area (Å²) >= 11 is 0. The summed E-state index contributed by atoms with van der Waals surface area (Å²) in [6.45, 7) is 0.317. The molecule has 1 aromatic carbocycles. The van der Waals surface area contributed by atoms with Gasteiger partial charge in [-0.2, -0.15) is 13.2 Å². The fourth-order valence-corrected chi connectivity index (χ4v) is 2.35. The van der Waals surface area contributed by atoms with Gasteiger partial charge in [0.2, 0.25) is 0 Å². The molecule has 0 aliphatic carbocycles. The van der Waals surface area contributed by atoms with Crippen LogP contribution in [0.2, 0.25) is 0 Å². The fourth-order valence-electron chi connectivity index (χ4n) is 2.35. The topological polar surface area (TPSA) is 12.0 Å². The first-order valence-corrected chi connectivity index (χ1v) is 5.75. The third-order valence-electron chi connectivity index (χ3n) is 3.24. The molecule has 1 fully saturated rings. The van der Waals surface area contributed by atoms with Crippen molar-refractivity contribution < 1.29 is 26.3 Å². The molecule has 0 amide bonds. The largest absolute Gasteiger partial charge is 0.393 e. The van der Waals surface area contributed by atoms with Crippen LogP contribution >= 0.6 is 0 Å². The molecule has 0 aromatic heterocycles. The van der Waals surface area contributed by atoms with Crippen LogP contribution in [0.5, 0.6) is 0 Å². The highest BCUT2D eigenvalue weighted by Gasteiger charge is 2.46. The Labute approximate surface area is 105 Å². The minimum atomic E-state index is -4.47. The Morgan fingerprint density at radius 1 is 1.05 bits per heavy atom. The Hall–Kier alpha value is -1.24. The van der Waals surface area contributed by atoms with Crippen molar-refractivity contribution in [3.8, 4) is 0 Å². The second-order valence-corrected chi connectivity index (χ2v) is 4.52. The number of halogens is 6. The Bertz CT molecular complexity index is 447. The van der Waals surface area contributed by atoms with E-state index in [1.807, 2.05) is 0 Å². The summed E-state index contributed by atoms with van der Waals surface area (Å²) < 4.78 is 77.6. The smallest absolute Gasteiger partial charge is 0.309 e. The monoisotopic (exact) mass is 283 g/mol. The van der Waals surface area contributed by atoms with Gasteiger partial charge in [0.05, 0.1) is 5.92 Å². The number of nitrogens with one attached hydrogen (secondary N) is 1. The predicted molar refractivity (Wildman–Crippen MR) is 55.8 cm³/mol. The maximum atomic E-state index is 13.1. The summed E-state index contributed by atoms with van der Waals surface area (Å²) in [4.78, 5) is 0. The van der Waals surface area contributed by atoms with Crippen molar-refractivity contribution in [1.29, 1.82) is 0 Å². The molecule has 0 bridgehead atoms. The maximum Gasteiger partial charge on any atom is 0.393 e. The van der Waals surface area contributed by atoms with Crippen LogP contribution < -0.4 is 5.32 Å². The van der Waals surface area contributed by atoms with Gasteiger partial charge in [-0.3, -0.25) is 0 Å². The molecule has 0 radical (unpaired) electrons. The van der Waals surface area contributed by atoms with Gasteiger partial charge in [0.25, 0.3) is 0 Å². The molecular formula is C12H11F6N. The van der Waals surface area contributed by atoms with Crippen molar-refractivity contribution in [3.05, 3.63) is 35.1 Å². The van der Waals surface area contributed by atoms with Crippen LogP contribution in [0.15, 0.2) is 12.1 Å². The summed E-state index contributed by atoms with van der Waals surface area (Å²) in [5.74, 6) is -6.37. The zero-order valence-electron chi connectivity index (χ0n) is 9.70. The molecule has 1 N–H and O–H groups in total. The van der Waals surface area contributed by atoms with Crippen molar-refractivity contribution in [2.75, 3.05) is 6.54 Å². The van der Waals surface area contributed by atoms with Crippen molar-refractivity contribution in [1.82, 2.24) is 5.32 Å². The predicted octanol–water partition coefficient (Wildman–Crippen LogP) is 3.71. The molecule has 19 heavy (non-hydrogen) atoms. The zero-order valence-corrected chi connectivity index (χ0v) is 9.70. The van der Waals surface area contributed by atoms with Gasteiger partial charge < -0.3 is 5.32 Å². The second kappa shape index (κ2) is 5.03. The molecule has 1 heterocycles. The summed E-state index contributed by atoms with van der Waals surface area (Å²) in [6, 6.07) is -0.0290. The van der Waals surface area contributed by atoms with Crippen LogP contribution in [0.1, 0.15) is 24.4 Å². The lowest BCUT2D eigenvalue weighted by molar-refractivity contribution is -0.189. The fraction of sp³-hybridized carbons (Fsp3) is 0.500. The van der Waals surface area contributed by atoms with Gasteiger partial charge in [0, 0.05) is 6.04 Å². The highest BCUT2D eigenvalue weighted by Crippen LogP contribution is 2.41. The summed E-state index contributed by atoms with van der Waals surface area (Å²) in [5.41, 5.74) is -0.224. The van der Waals surface area contributed by atoms with E-state index in [-0.39, 0.29) is 12.0 Å². The SMILES string of the molecule is Fc1cc(C2NCCCC2C(F)(F)F)cc(F)c1F. The van der Waals surface area contributed by atoms with Crippen molar-refractivity contribution in [3.63, 3.8) is 0 Å². The van der Waals surface area contributed by atoms with Crippen molar-refractivity contribution in [2.24, 2.45) is 5.92 Å². The van der Waals surface area contributed by atoms with Crippen LogP contribution in [0.4, 0.5) is 26.3 Å². The quantitative estimate of drug-likeness (QED) is 0.612. The molecule has 106 valence electrons. The first-order valence-electron chi connectivity index (χ1n) is 5.75. The summed E-state index contributed by atoms with van der Waals surface area (Å²) in [7, 11) is 0. The highest BCUT2D eigenvalue weighted by atomic mass is 19.4. The van der Waals surface area contributed by atoms with Crippen molar-refractivity contribution in [2.45, 2.75) is 25.1 Å². The zero-order chi connectivity index (χ0) is 14.2. The molecule has 2 rings (SSSR count). The van der Waals surface area contributed by atoms with E-state index in [1.54, 1.807) is 0 Å². The van der Waals surface area contributed by atoms with E-state index in [9.17, 15) is 26.3 Å². The lowest BCUT2D eigenvalue weighted by Crippen LogP contribution is -2.41. The number of alkyl halides is 3. The molecule has 0 spiro atoms. The van der Waals surface area contributed by atoms with E-state index < -0.39 is 35.6 Å². The van der Waals surface area contributed by atoms with Gasteiger partial charge in [-0.05, 0) is 37.1 Å². The Balaban J connectivity index is 2.38. The molecule has 2 atom stereocenters. The number of benzene rings is 1. The highest BCUT2D eigenvalue weighted by molar-refractivity contribution is 5.24. The average Bonchev–Trinajstić information content (AvgIpc) is 2.34. The standard InChI is InChI=1S/C12H11F6N/c13-8-4-6(5-9(14)10(8)15)11-7(12(16,17)18)2-1-3-19-11/h4-5,7,11,19H,1-3H2. The molecule has 1 saturated heterocycles. The first kappa shape index (κ1) is 14.2. The van der Waals surface area contributed by atoms with E-state index in [2.05, 4.69) is 5.32 Å². The Morgan fingerprint density at radius 3 is 2.16 bits per heavy atom. The van der Waals surface area contributed by atoms with Gasteiger partial charge in [0.15, 0.2) is 17.5 Å². The van der Waals surface area contributed by atoms with Crippen LogP contribution in [0, 0.1) is 23.4 Å². The van der Waals surface area contributed by atoms with E-state index in [1.165, 1.54) is 0 Å². The first-order chi connectivity index (χ1) is 8.80. The van der Waals surface area contributed by atoms with Gasteiger partial charge in [0.1, 0.15) is 0 Å². The lowest BCUT2D eigenvalue weighted by Gasteiger charge is -2.34. The third kappa shape index (κ3) is 2.86. The molecule has 0 saturated carbocycles. The summed E-state index contributed by atoms with van der Waals surface area (Å²) in [6.07, 6.45) is -4.27. The molecule has 1 aliphatic heterocycles. The number of hydrogen-bond acceptors (Lipinski definition) is 1. The van der Waals surface area contributed by atoms with Crippen LogP contribution in [0.25, 0.3) is 0 Å². The molecular weight excluding hydrogens is 272 g/mol. The normalized spacial score (nSPS) is 24.5. The van der Waals surface area contributed by atoms with Crippen LogP contribution in [0.3, 0.4) is 0 Å². The number of rotatable bonds is 1. The third-order valence-corrected chi connectivity index (χ3v) is 3.24. The summed E-state index contributed by atoms with van der Waals surface area (Å²) in [5, 5.41) is 2.59. The Kier molecular flexibility index (Phi) is 3.75. The lowest BCUT2D eigenvalue weighted by atomic mass is 9.85. The maximum absolute atomic E-state index is 13.1. The minimum Gasteiger partial charge on any atom is -0.309 e. The molecule has 1 nitrogen and oxygen atoms in total. The van der Waals surface area contributed by atoms with Gasteiger partial charge in [-0.25, -0.2) is 13.2 Å². The number of piperidine rings is 1. The van der Waals surface area contributed by atoms with Crippen molar-refractivity contribution >= 4 is 0 Å². The molecule has 1 aliphatic rings. The second-order valence-electron chi connectivity index (χ2n) is 4.52. The van der Waals surface area contributed by atoms with Gasteiger partial charge >= 0.3 is 6.18 Å². The van der Waals surface area contributed by atoms with Gasteiger partial charge in [-0.15, -0.1) is 0 Å². The molecule has 2 unspecified atom stereocenters.